The van der Waals surface area contributed by atoms with Gasteiger partial charge in [0.2, 0.25) is 0 Å². The van der Waals surface area contributed by atoms with Gasteiger partial charge < -0.3 is 16.2 Å². The molecule has 0 unspecified atom stereocenters. The summed E-state index contributed by atoms with van der Waals surface area (Å²) < 4.78 is 0. The Labute approximate surface area is 120 Å². The number of nitrogens with one attached hydrogen (secondary N) is 1. The van der Waals surface area contributed by atoms with Crippen molar-refractivity contribution in [1.82, 2.24) is 5.32 Å². The molecule has 1 saturated carbocycles. The van der Waals surface area contributed by atoms with Crippen LogP contribution in [0.5, 0.6) is 0 Å². The highest BCUT2D eigenvalue weighted by Crippen LogP contribution is 2.18. The van der Waals surface area contributed by atoms with Crippen molar-refractivity contribution < 1.29 is 9.90 Å². The lowest BCUT2D eigenvalue weighted by atomic mass is 9.94. The maximum atomic E-state index is 12.4. The first-order valence-electron chi connectivity index (χ1n) is 7.46. The molecule has 0 bridgehead atoms. The van der Waals surface area contributed by atoms with E-state index in [0.29, 0.717) is 18.0 Å². The molecule has 1 atom stereocenters. The fraction of sp³-hybridized carbons (Fsp3) is 0.562. The Balaban J connectivity index is 2.04. The van der Waals surface area contributed by atoms with E-state index >= 15 is 0 Å². The number of aliphatic hydroxyl groups excluding tert-OH is 1. The molecule has 20 heavy (non-hydrogen) atoms. The summed E-state index contributed by atoms with van der Waals surface area (Å²) in [6.45, 7) is -0.0709. The van der Waals surface area contributed by atoms with Crippen molar-refractivity contribution in [1.29, 1.82) is 0 Å². The van der Waals surface area contributed by atoms with Gasteiger partial charge in [-0.2, -0.15) is 0 Å². The molecule has 4 nitrogen and oxygen atoms in total. The van der Waals surface area contributed by atoms with Crippen LogP contribution in [0.4, 0.5) is 0 Å². The third-order valence-electron chi connectivity index (χ3n) is 3.92. The summed E-state index contributed by atoms with van der Waals surface area (Å²) in [6, 6.07) is 7.48. The van der Waals surface area contributed by atoms with Crippen LogP contribution in [-0.2, 0) is 6.42 Å². The van der Waals surface area contributed by atoms with Gasteiger partial charge in [-0.05, 0) is 30.9 Å². The predicted octanol–water partition coefficient (Wildman–Crippen LogP) is 1.61. The number of hydrogen-bond acceptors (Lipinski definition) is 3. The average Bonchev–Trinajstić information content (AvgIpc) is 2.48. The van der Waals surface area contributed by atoms with Gasteiger partial charge in [0.15, 0.2) is 0 Å². The number of benzene rings is 1. The van der Waals surface area contributed by atoms with Crippen LogP contribution in [0.15, 0.2) is 24.3 Å². The van der Waals surface area contributed by atoms with Crippen molar-refractivity contribution in [3.05, 3.63) is 35.4 Å². The first-order chi connectivity index (χ1) is 9.70. The second kappa shape index (κ2) is 7.41. The Morgan fingerprint density at radius 3 is 2.70 bits per heavy atom. The van der Waals surface area contributed by atoms with E-state index < -0.39 is 0 Å². The molecule has 4 N–H and O–H groups in total. The topological polar surface area (TPSA) is 75.3 Å². The zero-order valence-electron chi connectivity index (χ0n) is 11.8. The van der Waals surface area contributed by atoms with Crippen LogP contribution in [0.2, 0.25) is 0 Å². The molecule has 4 heteroatoms. The summed E-state index contributed by atoms with van der Waals surface area (Å²) in [5.41, 5.74) is 7.36. The van der Waals surface area contributed by atoms with Gasteiger partial charge in [-0.3, -0.25) is 4.79 Å². The summed E-state index contributed by atoms with van der Waals surface area (Å²) in [4.78, 5) is 12.4. The van der Waals surface area contributed by atoms with Crippen LogP contribution in [0.25, 0.3) is 0 Å². The molecular formula is C16H24N2O2. The standard InChI is InChI=1S/C16H24N2O2/c17-13(11-19)10-12-6-4-5-9-15(12)16(20)18-14-7-2-1-3-8-14/h4-6,9,13-14,19H,1-3,7-8,10-11,17H2,(H,18,20)/t13-/m1/s1. The van der Waals surface area contributed by atoms with Gasteiger partial charge in [0, 0.05) is 17.6 Å². The zero-order chi connectivity index (χ0) is 14.4. The Bertz CT molecular complexity index is 442. The van der Waals surface area contributed by atoms with Crippen molar-refractivity contribution in [2.75, 3.05) is 6.61 Å². The molecule has 0 aliphatic heterocycles. The number of hydrogen-bond donors (Lipinski definition) is 3. The van der Waals surface area contributed by atoms with Gasteiger partial charge in [-0.25, -0.2) is 0 Å². The second-order valence-corrected chi connectivity index (χ2v) is 5.61. The highest BCUT2D eigenvalue weighted by molar-refractivity contribution is 5.95. The van der Waals surface area contributed by atoms with Crippen LogP contribution < -0.4 is 11.1 Å². The van der Waals surface area contributed by atoms with E-state index in [9.17, 15) is 4.79 Å². The van der Waals surface area contributed by atoms with E-state index in [-0.39, 0.29) is 18.6 Å². The van der Waals surface area contributed by atoms with Crippen molar-refractivity contribution >= 4 is 5.91 Å². The number of aliphatic hydroxyl groups is 1. The molecular weight excluding hydrogens is 252 g/mol. The van der Waals surface area contributed by atoms with E-state index in [1.165, 1.54) is 19.3 Å². The SMILES string of the molecule is N[C@@H](CO)Cc1ccccc1C(=O)NC1CCCCC1. The molecule has 0 radical (unpaired) electrons. The molecule has 1 aromatic rings. The van der Waals surface area contributed by atoms with Crippen LogP contribution in [0.1, 0.15) is 48.0 Å². The average molecular weight is 276 g/mol. The zero-order valence-corrected chi connectivity index (χ0v) is 11.8. The minimum absolute atomic E-state index is 0.0161. The first-order valence-corrected chi connectivity index (χ1v) is 7.46. The maximum Gasteiger partial charge on any atom is 0.251 e. The smallest absolute Gasteiger partial charge is 0.251 e. The van der Waals surface area contributed by atoms with E-state index in [1.807, 2.05) is 24.3 Å². The molecule has 0 saturated heterocycles. The number of nitrogens with two attached hydrogens (primary N) is 1. The summed E-state index contributed by atoms with van der Waals surface area (Å²) in [5.74, 6) is -0.0161. The molecule has 1 aliphatic rings. The van der Waals surface area contributed by atoms with E-state index in [4.69, 9.17) is 10.8 Å². The Kier molecular flexibility index (Phi) is 5.56. The molecule has 1 aromatic carbocycles. The molecule has 110 valence electrons. The van der Waals surface area contributed by atoms with Crippen LogP contribution >= 0.6 is 0 Å². The van der Waals surface area contributed by atoms with E-state index in [0.717, 1.165) is 18.4 Å². The predicted molar refractivity (Wildman–Crippen MR) is 79.5 cm³/mol. The highest BCUT2D eigenvalue weighted by atomic mass is 16.3. The van der Waals surface area contributed by atoms with Gasteiger partial charge in [0.25, 0.3) is 5.91 Å². The van der Waals surface area contributed by atoms with Crippen LogP contribution in [0.3, 0.4) is 0 Å². The first kappa shape index (κ1) is 15.0. The highest BCUT2D eigenvalue weighted by Gasteiger charge is 2.18. The Hall–Kier alpha value is -1.39. The molecule has 0 spiro atoms. The normalized spacial score (nSPS) is 17.7. The van der Waals surface area contributed by atoms with Crippen molar-refractivity contribution in [3.63, 3.8) is 0 Å². The van der Waals surface area contributed by atoms with Gasteiger partial charge in [-0.15, -0.1) is 0 Å². The number of carbonyl (C=O) groups excluding carboxylic acids is 1. The summed E-state index contributed by atoms with van der Waals surface area (Å²) in [7, 11) is 0. The number of amides is 1. The summed E-state index contributed by atoms with van der Waals surface area (Å²) >= 11 is 0. The second-order valence-electron chi connectivity index (χ2n) is 5.61. The number of rotatable bonds is 5. The third kappa shape index (κ3) is 4.05. The van der Waals surface area contributed by atoms with Gasteiger partial charge in [0.05, 0.1) is 6.61 Å². The van der Waals surface area contributed by atoms with Crippen LogP contribution in [0, 0.1) is 0 Å². The Morgan fingerprint density at radius 1 is 1.30 bits per heavy atom. The maximum absolute atomic E-state index is 12.4. The van der Waals surface area contributed by atoms with Gasteiger partial charge in [0.1, 0.15) is 0 Å². The van der Waals surface area contributed by atoms with E-state index in [1.54, 1.807) is 0 Å². The minimum atomic E-state index is -0.321. The molecule has 1 aliphatic carbocycles. The minimum Gasteiger partial charge on any atom is -0.395 e. The fourth-order valence-electron chi connectivity index (χ4n) is 2.78. The van der Waals surface area contributed by atoms with Crippen molar-refractivity contribution in [3.8, 4) is 0 Å². The Morgan fingerprint density at radius 2 is 2.00 bits per heavy atom. The van der Waals surface area contributed by atoms with Crippen molar-refractivity contribution in [2.45, 2.75) is 50.6 Å². The third-order valence-corrected chi connectivity index (χ3v) is 3.92. The molecule has 1 fully saturated rings. The molecule has 1 amide bonds. The van der Waals surface area contributed by atoms with Crippen LogP contribution in [-0.4, -0.2) is 29.7 Å². The molecule has 0 aromatic heterocycles. The lowest BCUT2D eigenvalue weighted by molar-refractivity contribution is 0.0926. The monoisotopic (exact) mass is 276 g/mol. The fourth-order valence-corrected chi connectivity index (χ4v) is 2.78. The van der Waals surface area contributed by atoms with Gasteiger partial charge >= 0.3 is 0 Å². The lowest BCUT2D eigenvalue weighted by Crippen LogP contribution is -2.37. The summed E-state index contributed by atoms with van der Waals surface area (Å²) in [6.07, 6.45) is 6.33. The van der Waals surface area contributed by atoms with E-state index in [2.05, 4.69) is 5.32 Å². The summed E-state index contributed by atoms with van der Waals surface area (Å²) in [5, 5.41) is 12.2. The molecule has 2 rings (SSSR count). The van der Waals surface area contributed by atoms with Crippen molar-refractivity contribution in [2.24, 2.45) is 5.73 Å². The van der Waals surface area contributed by atoms with Gasteiger partial charge in [-0.1, -0.05) is 37.5 Å². The lowest BCUT2D eigenvalue weighted by Gasteiger charge is -2.23. The largest absolute Gasteiger partial charge is 0.395 e. The quantitative estimate of drug-likeness (QED) is 0.765. The number of carbonyl (C=O) groups is 1. The molecule has 0 heterocycles.